The Kier molecular flexibility index (Phi) is 4.04. The highest BCUT2D eigenvalue weighted by Gasteiger charge is 2.26. The third-order valence-corrected chi connectivity index (χ3v) is 8.44. The summed E-state index contributed by atoms with van der Waals surface area (Å²) in [6, 6.07) is 15.7. The fraction of sp³-hybridized carbons (Fsp3) is 0.290. The predicted octanol–water partition coefficient (Wildman–Crippen LogP) is 7.71. The minimum atomic E-state index is 0.730. The third kappa shape index (κ3) is 2.49. The van der Waals surface area contributed by atoms with Crippen molar-refractivity contribution >= 4 is 54.7 Å². The second-order valence-electron chi connectivity index (χ2n) is 10.4. The molecule has 3 aromatic carbocycles. The summed E-state index contributed by atoms with van der Waals surface area (Å²) in [5.74, 6) is 0.796. The van der Waals surface area contributed by atoms with Crippen LogP contribution in [-0.2, 0) is 13.5 Å². The molecule has 0 amide bonds. The maximum Gasteiger partial charge on any atom is 0.224 e. The minimum absolute atomic E-state index is 0.730. The number of nitrogens with zero attached hydrogens (tertiary/aromatic N) is 3. The summed E-state index contributed by atoms with van der Waals surface area (Å²) in [6.45, 7) is 12.4. The van der Waals surface area contributed by atoms with E-state index in [1.165, 1.54) is 85.9 Å². The van der Waals surface area contributed by atoms with Gasteiger partial charge in [0.2, 0.25) is 11.2 Å². The molecule has 0 bridgehead atoms. The van der Waals surface area contributed by atoms with Crippen molar-refractivity contribution in [1.29, 1.82) is 0 Å². The lowest BCUT2D eigenvalue weighted by molar-refractivity contribution is -0.643. The molecule has 34 heavy (non-hydrogen) atoms. The fourth-order valence-corrected chi connectivity index (χ4v) is 6.74. The van der Waals surface area contributed by atoms with Gasteiger partial charge >= 0.3 is 0 Å². The van der Waals surface area contributed by atoms with Gasteiger partial charge in [0, 0.05) is 11.5 Å². The number of benzene rings is 3. The van der Waals surface area contributed by atoms with Gasteiger partial charge in [0.05, 0.1) is 33.9 Å². The monoisotopic (exact) mass is 442 g/mol. The number of fused-ring (bicyclic) bond motifs is 5. The first kappa shape index (κ1) is 19.8. The summed E-state index contributed by atoms with van der Waals surface area (Å²) in [5, 5.41) is 6.35. The van der Waals surface area contributed by atoms with E-state index < -0.39 is 0 Å². The molecule has 0 unspecified atom stereocenters. The molecule has 3 heteroatoms. The third-order valence-electron chi connectivity index (χ3n) is 8.44. The molecule has 3 nitrogen and oxygen atoms in total. The van der Waals surface area contributed by atoms with Gasteiger partial charge in [0.15, 0.2) is 6.20 Å². The van der Waals surface area contributed by atoms with E-state index in [4.69, 9.17) is 6.57 Å². The number of para-hydroxylation sites is 1. The largest absolute Gasteiger partial charge is 0.317 e. The highest BCUT2D eigenvalue weighted by Crippen LogP contribution is 2.44. The summed E-state index contributed by atoms with van der Waals surface area (Å²) in [7, 11) is 2.17. The topological polar surface area (TPSA) is 12.6 Å². The van der Waals surface area contributed by atoms with Gasteiger partial charge in [0.25, 0.3) is 0 Å². The van der Waals surface area contributed by atoms with Crippen molar-refractivity contribution in [3.63, 3.8) is 0 Å². The van der Waals surface area contributed by atoms with E-state index in [0.29, 0.717) is 0 Å². The zero-order valence-electron chi connectivity index (χ0n) is 20.1. The van der Waals surface area contributed by atoms with Crippen molar-refractivity contribution in [3.05, 3.63) is 76.8 Å². The molecule has 166 valence electrons. The first-order chi connectivity index (χ1) is 16.6. The van der Waals surface area contributed by atoms with Crippen molar-refractivity contribution in [2.24, 2.45) is 13.0 Å². The predicted molar refractivity (Wildman–Crippen MR) is 141 cm³/mol. The molecule has 0 radical (unpaired) electrons. The van der Waals surface area contributed by atoms with E-state index in [-0.39, 0.29) is 0 Å². The molecular weight excluding hydrogens is 414 g/mol. The molecule has 1 aliphatic rings. The van der Waals surface area contributed by atoms with E-state index in [1.807, 2.05) is 12.1 Å². The molecule has 1 aliphatic carbocycles. The molecule has 0 spiro atoms. The minimum Gasteiger partial charge on any atom is -0.317 e. The van der Waals surface area contributed by atoms with Crippen molar-refractivity contribution in [3.8, 4) is 0 Å². The van der Waals surface area contributed by atoms with Gasteiger partial charge in [-0.2, -0.15) is 0 Å². The first-order valence-corrected chi connectivity index (χ1v) is 12.5. The molecule has 3 aromatic heterocycles. The summed E-state index contributed by atoms with van der Waals surface area (Å²) >= 11 is 0. The van der Waals surface area contributed by atoms with Gasteiger partial charge < -0.3 is 4.40 Å². The molecule has 0 aliphatic heterocycles. The Morgan fingerprint density at radius 1 is 1.00 bits per heavy atom. The Bertz CT molecular complexity index is 1820. The quantitative estimate of drug-likeness (QED) is 0.113. The zero-order valence-corrected chi connectivity index (χ0v) is 20.1. The molecule has 7 rings (SSSR count). The molecule has 1 fully saturated rings. The van der Waals surface area contributed by atoms with Crippen molar-refractivity contribution in [2.45, 2.75) is 46.0 Å². The summed E-state index contributed by atoms with van der Waals surface area (Å²) in [6.07, 6.45) is 8.81. The molecule has 3 heterocycles. The smallest absolute Gasteiger partial charge is 0.224 e. The summed E-state index contributed by atoms with van der Waals surface area (Å²) in [5.41, 5.74) is 9.62. The number of rotatable bonds is 2. The molecule has 0 atom stereocenters. The summed E-state index contributed by atoms with van der Waals surface area (Å²) in [4.78, 5) is 3.97. The number of hydrogen-bond acceptors (Lipinski definition) is 0. The lowest BCUT2D eigenvalue weighted by Crippen LogP contribution is -2.29. The SMILES string of the molecule is [C-]#[N+]c1cccc2c3cc(C)c(C)c4c3n(c3cc(CC5CCCC5)cc5cc[n+](C)c4c53)c12. The van der Waals surface area contributed by atoms with Crippen LogP contribution in [0.1, 0.15) is 42.4 Å². The van der Waals surface area contributed by atoms with Gasteiger partial charge in [-0.1, -0.05) is 49.9 Å². The number of aryl methyl sites for hydroxylation is 3. The van der Waals surface area contributed by atoms with Gasteiger partial charge in [-0.05, 0) is 65.8 Å². The van der Waals surface area contributed by atoms with Crippen LogP contribution in [0.4, 0.5) is 5.69 Å². The van der Waals surface area contributed by atoms with E-state index in [2.05, 4.69) is 71.2 Å². The number of hydrogen-bond donors (Lipinski definition) is 0. The van der Waals surface area contributed by atoms with Gasteiger partial charge in [0.1, 0.15) is 7.05 Å². The van der Waals surface area contributed by atoms with Crippen LogP contribution >= 0.6 is 0 Å². The lowest BCUT2D eigenvalue weighted by Gasteiger charge is -2.16. The standard InChI is InChI=1S/C31H28N3/c1-18-14-24-23-10-7-11-25(32-3)29(23)34-26-17-21(15-20-8-5-6-9-20)16-22-12-13-33(4)31(28(22)26)27(19(18)2)30(24)34/h7,10-14,16-17,20H,5-6,8-9,15H2,1-2,4H3/q+1. The maximum absolute atomic E-state index is 7.95. The Balaban J connectivity index is 1.78. The zero-order chi connectivity index (χ0) is 23.1. The normalized spacial score (nSPS) is 15.0. The van der Waals surface area contributed by atoms with Crippen molar-refractivity contribution in [1.82, 2.24) is 4.40 Å². The van der Waals surface area contributed by atoms with Crippen molar-refractivity contribution < 1.29 is 4.57 Å². The maximum atomic E-state index is 7.95. The van der Waals surface area contributed by atoms with Crippen LogP contribution in [0.3, 0.4) is 0 Å². The second-order valence-corrected chi connectivity index (χ2v) is 10.4. The highest BCUT2D eigenvalue weighted by atomic mass is 15.0. The van der Waals surface area contributed by atoms with Gasteiger partial charge in [-0.15, -0.1) is 0 Å². The van der Waals surface area contributed by atoms with Crippen LogP contribution in [-0.4, -0.2) is 4.40 Å². The van der Waals surface area contributed by atoms with E-state index >= 15 is 0 Å². The Morgan fingerprint density at radius 2 is 1.82 bits per heavy atom. The molecule has 0 N–H and O–H groups in total. The Morgan fingerprint density at radius 3 is 2.62 bits per heavy atom. The van der Waals surface area contributed by atoms with Gasteiger partial charge in [-0.3, -0.25) is 0 Å². The number of pyridine rings is 2. The van der Waals surface area contributed by atoms with E-state index in [9.17, 15) is 0 Å². The van der Waals surface area contributed by atoms with Gasteiger partial charge in [-0.25, -0.2) is 9.41 Å². The fourth-order valence-electron chi connectivity index (χ4n) is 6.74. The van der Waals surface area contributed by atoms with E-state index in [1.54, 1.807) is 0 Å². The van der Waals surface area contributed by atoms with Crippen LogP contribution in [0.5, 0.6) is 0 Å². The molecule has 0 saturated heterocycles. The first-order valence-electron chi connectivity index (χ1n) is 12.5. The second kappa shape index (κ2) is 6.93. The average molecular weight is 443 g/mol. The molecular formula is C31H28N3+. The number of aromatic nitrogens is 2. The van der Waals surface area contributed by atoms with Crippen LogP contribution < -0.4 is 4.57 Å². The lowest BCUT2D eigenvalue weighted by atomic mass is 9.93. The van der Waals surface area contributed by atoms with Crippen LogP contribution in [0.25, 0.3) is 53.8 Å². The van der Waals surface area contributed by atoms with Crippen LogP contribution in [0, 0.1) is 26.3 Å². The molecule has 1 saturated carbocycles. The Hall–Kier alpha value is -3.64. The molecule has 6 aromatic rings. The van der Waals surface area contributed by atoms with E-state index in [0.717, 1.165) is 23.5 Å². The Labute approximate surface area is 199 Å². The average Bonchev–Trinajstić information content (AvgIpc) is 3.46. The van der Waals surface area contributed by atoms with Crippen LogP contribution in [0.2, 0.25) is 0 Å². The van der Waals surface area contributed by atoms with Crippen molar-refractivity contribution in [2.75, 3.05) is 0 Å². The van der Waals surface area contributed by atoms with Crippen LogP contribution in [0.15, 0.2) is 48.7 Å². The highest BCUT2D eigenvalue weighted by molar-refractivity contribution is 6.27. The summed E-state index contributed by atoms with van der Waals surface area (Å²) < 4.78 is 4.72.